The van der Waals surface area contributed by atoms with Crippen molar-refractivity contribution in [1.29, 1.82) is 0 Å². The Hall–Kier alpha value is -0.410. The molecule has 0 aliphatic rings. The van der Waals surface area contributed by atoms with Crippen LogP contribution in [0.4, 0.5) is 0 Å². The first-order valence-electron chi connectivity index (χ1n) is 2.33. The molecule has 0 fully saturated rings. The maximum atomic E-state index is 10.2. The molecule has 0 heterocycles. The van der Waals surface area contributed by atoms with Gasteiger partial charge in [0.15, 0.2) is 0 Å². The number of rotatable bonds is 2. The zero-order chi connectivity index (χ0) is 4.99. The van der Waals surface area contributed by atoms with Crippen molar-refractivity contribution in [2.24, 2.45) is 0 Å². The molecule has 3 nitrogen and oxygen atoms in total. The Morgan fingerprint density at radius 2 is 1.38 bits per heavy atom. The second-order valence-corrected chi connectivity index (χ2v) is 1.25. The molecule has 52 valence electrons. The van der Waals surface area contributed by atoms with Gasteiger partial charge in [0.05, 0.1) is 0 Å². The van der Waals surface area contributed by atoms with Crippen molar-refractivity contribution in [2.45, 2.75) is 26.7 Å². The third-order valence-electron chi connectivity index (χ3n) is 0.789. The molecule has 0 aliphatic heterocycles. The summed E-state index contributed by atoms with van der Waals surface area (Å²) in [5.74, 6) is 0.343. The summed E-state index contributed by atoms with van der Waals surface area (Å²) in [4.78, 5) is 10.2. The van der Waals surface area contributed by atoms with E-state index in [2.05, 4.69) is 0 Å². The summed E-state index contributed by atoms with van der Waals surface area (Å²) in [5.41, 5.74) is 0. The second-order valence-electron chi connectivity index (χ2n) is 1.25. The normalized spacial score (nSPS) is 6.25. The number of ketones is 1. The van der Waals surface area contributed by atoms with Crippen LogP contribution in [0.1, 0.15) is 26.7 Å². The highest BCUT2D eigenvalue weighted by Crippen LogP contribution is 1.82. The van der Waals surface area contributed by atoms with Crippen LogP contribution in [0.2, 0.25) is 0 Å². The predicted molar refractivity (Wildman–Crippen MR) is 32.8 cm³/mol. The van der Waals surface area contributed by atoms with Gasteiger partial charge in [0.1, 0.15) is 5.78 Å². The van der Waals surface area contributed by atoms with Crippen LogP contribution in [0, 0.1) is 0 Å². The zero-order valence-corrected chi connectivity index (χ0v) is 5.32. The summed E-state index contributed by atoms with van der Waals surface area (Å²) in [5, 5.41) is 0. The van der Waals surface area contributed by atoms with E-state index in [9.17, 15) is 4.79 Å². The van der Waals surface area contributed by atoms with Crippen LogP contribution in [0.5, 0.6) is 0 Å². The first kappa shape index (κ1) is 15.6. The zero-order valence-electron chi connectivity index (χ0n) is 5.32. The fourth-order valence-electron chi connectivity index (χ4n) is 0.250. The monoisotopic (exact) mass is 122 g/mol. The number of Topliss-reactive ketones (excluding diaryl/α,β-unsaturated/α-hetero) is 1. The summed E-state index contributed by atoms with van der Waals surface area (Å²) in [6, 6.07) is 0. The van der Waals surface area contributed by atoms with Gasteiger partial charge in [-0.05, 0) is 0 Å². The van der Waals surface area contributed by atoms with Gasteiger partial charge in [-0.25, -0.2) is 0 Å². The lowest BCUT2D eigenvalue weighted by Crippen LogP contribution is -1.88. The fraction of sp³-hybridized carbons (Fsp3) is 0.800. The lowest BCUT2D eigenvalue weighted by Gasteiger charge is -1.81. The van der Waals surface area contributed by atoms with Gasteiger partial charge in [0, 0.05) is 12.8 Å². The Labute approximate surface area is 49.3 Å². The molecule has 0 saturated heterocycles. The largest absolute Gasteiger partial charge is 0.412 e. The predicted octanol–water partition coefficient (Wildman–Crippen LogP) is -0.274. The Morgan fingerprint density at radius 1 is 1.12 bits per heavy atom. The van der Waals surface area contributed by atoms with Crippen molar-refractivity contribution < 1.29 is 15.7 Å². The number of hydrogen-bond acceptors (Lipinski definition) is 1. The van der Waals surface area contributed by atoms with E-state index >= 15 is 0 Å². The van der Waals surface area contributed by atoms with Gasteiger partial charge in [-0.1, -0.05) is 13.8 Å². The average molecular weight is 122 g/mol. The molecular formula is C5H14O3. The highest BCUT2D eigenvalue weighted by atomic mass is 16.1. The van der Waals surface area contributed by atoms with Crippen LogP contribution in [0.3, 0.4) is 0 Å². The number of carbonyl (C=O) groups excluding carboxylic acids is 1. The van der Waals surface area contributed by atoms with E-state index in [1.165, 1.54) is 0 Å². The molecule has 0 aromatic heterocycles. The van der Waals surface area contributed by atoms with Gasteiger partial charge < -0.3 is 11.0 Å². The molecule has 0 bridgehead atoms. The third kappa shape index (κ3) is 9.14. The molecular weight excluding hydrogens is 108 g/mol. The molecule has 0 rings (SSSR count). The first-order chi connectivity index (χ1) is 2.81. The van der Waals surface area contributed by atoms with Crippen molar-refractivity contribution >= 4 is 5.78 Å². The van der Waals surface area contributed by atoms with Crippen LogP contribution in [-0.4, -0.2) is 16.7 Å². The Bertz CT molecular complexity index is 45.6. The smallest absolute Gasteiger partial charge is 0.132 e. The van der Waals surface area contributed by atoms with E-state index < -0.39 is 0 Å². The topological polar surface area (TPSA) is 80.1 Å². The lowest BCUT2D eigenvalue weighted by molar-refractivity contribution is -0.118. The van der Waals surface area contributed by atoms with Crippen molar-refractivity contribution in [3.63, 3.8) is 0 Å². The van der Waals surface area contributed by atoms with E-state index in [0.717, 1.165) is 0 Å². The molecule has 8 heavy (non-hydrogen) atoms. The maximum absolute atomic E-state index is 10.2. The highest BCUT2D eigenvalue weighted by Gasteiger charge is 1.86. The van der Waals surface area contributed by atoms with E-state index in [4.69, 9.17) is 0 Å². The Morgan fingerprint density at radius 3 is 1.38 bits per heavy atom. The van der Waals surface area contributed by atoms with E-state index in [0.29, 0.717) is 18.6 Å². The fourth-order valence-corrected chi connectivity index (χ4v) is 0.250. The van der Waals surface area contributed by atoms with Gasteiger partial charge in [0.25, 0.3) is 0 Å². The van der Waals surface area contributed by atoms with Gasteiger partial charge in [-0.15, -0.1) is 0 Å². The summed E-state index contributed by atoms with van der Waals surface area (Å²) in [6.45, 7) is 3.76. The van der Waals surface area contributed by atoms with E-state index in [1.807, 2.05) is 13.8 Å². The second kappa shape index (κ2) is 9.77. The van der Waals surface area contributed by atoms with Gasteiger partial charge >= 0.3 is 0 Å². The summed E-state index contributed by atoms with van der Waals surface area (Å²) < 4.78 is 0. The Balaban J connectivity index is -0.000000125. The minimum atomic E-state index is 0. The molecule has 4 N–H and O–H groups in total. The van der Waals surface area contributed by atoms with Crippen LogP contribution in [-0.2, 0) is 4.79 Å². The number of hydrogen-bond donors (Lipinski definition) is 0. The number of carbonyl (C=O) groups is 1. The highest BCUT2D eigenvalue weighted by molar-refractivity contribution is 5.77. The minimum Gasteiger partial charge on any atom is -0.412 e. The van der Waals surface area contributed by atoms with Crippen LogP contribution < -0.4 is 0 Å². The quantitative estimate of drug-likeness (QED) is 0.496. The van der Waals surface area contributed by atoms with Gasteiger partial charge in [-0.3, -0.25) is 4.79 Å². The van der Waals surface area contributed by atoms with Crippen LogP contribution >= 0.6 is 0 Å². The molecule has 0 aliphatic carbocycles. The Kier molecular flexibility index (Phi) is 19.1. The minimum absolute atomic E-state index is 0. The molecule has 0 spiro atoms. The molecule has 0 aromatic rings. The van der Waals surface area contributed by atoms with Crippen LogP contribution in [0.15, 0.2) is 0 Å². The van der Waals surface area contributed by atoms with E-state index in [-0.39, 0.29) is 11.0 Å². The first-order valence-corrected chi connectivity index (χ1v) is 2.33. The molecule has 0 unspecified atom stereocenters. The van der Waals surface area contributed by atoms with Crippen molar-refractivity contribution in [3.05, 3.63) is 0 Å². The lowest BCUT2D eigenvalue weighted by atomic mass is 10.3. The SMILES string of the molecule is CCC(=O)CC.O.O. The van der Waals surface area contributed by atoms with Gasteiger partial charge in [0.2, 0.25) is 0 Å². The summed E-state index contributed by atoms with van der Waals surface area (Å²) >= 11 is 0. The van der Waals surface area contributed by atoms with Gasteiger partial charge in [-0.2, -0.15) is 0 Å². The molecule has 0 radical (unpaired) electrons. The molecule has 0 aromatic carbocycles. The maximum Gasteiger partial charge on any atom is 0.132 e. The van der Waals surface area contributed by atoms with Crippen LogP contribution in [0.25, 0.3) is 0 Å². The summed E-state index contributed by atoms with van der Waals surface area (Å²) in [7, 11) is 0. The summed E-state index contributed by atoms with van der Waals surface area (Å²) in [6.07, 6.45) is 1.38. The molecule has 0 amide bonds. The van der Waals surface area contributed by atoms with Crippen molar-refractivity contribution in [2.75, 3.05) is 0 Å². The molecule has 0 saturated carbocycles. The van der Waals surface area contributed by atoms with Crippen molar-refractivity contribution in [1.82, 2.24) is 0 Å². The molecule has 0 atom stereocenters. The molecule has 3 heteroatoms. The van der Waals surface area contributed by atoms with E-state index in [1.54, 1.807) is 0 Å². The van der Waals surface area contributed by atoms with Crippen molar-refractivity contribution in [3.8, 4) is 0 Å². The third-order valence-corrected chi connectivity index (χ3v) is 0.789. The standard InChI is InChI=1S/C5H10O.2H2O/c1-3-5(6)4-2;;/h3-4H2,1-2H3;2*1H2. The average Bonchev–Trinajstić information content (AvgIpc) is 1.65.